The fourth-order valence-corrected chi connectivity index (χ4v) is 3.84. The normalized spacial score (nSPS) is 15.2. The van der Waals surface area contributed by atoms with Crippen LogP contribution in [0.4, 0.5) is 0 Å². The van der Waals surface area contributed by atoms with E-state index >= 15 is 0 Å². The van der Waals surface area contributed by atoms with Gasteiger partial charge in [-0.25, -0.2) is 15.4 Å². The molecule has 0 spiro atoms. The van der Waals surface area contributed by atoms with Crippen molar-refractivity contribution < 1.29 is 14.2 Å². The van der Waals surface area contributed by atoms with Crippen LogP contribution in [0.2, 0.25) is 0 Å². The fourth-order valence-electron chi connectivity index (χ4n) is 2.97. The lowest BCUT2D eigenvalue weighted by atomic mass is 10.1. The molecule has 1 N–H and O–H groups in total. The zero-order chi connectivity index (χ0) is 17.6. The van der Waals surface area contributed by atoms with Gasteiger partial charge >= 0.3 is 0 Å². The Hall–Kier alpha value is -1.83. The summed E-state index contributed by atoms with van der Waals surface area (Å²) in [5.41, 5.74) is 4.44. The van der Waals surface area contributed by atoms with E-state index in [1.807, 2.05) is 18.3 Å². The molecule has 0 bridgehead atoms. The van der Waals surface area contributed by atoms with Gasteiger partial charge in [-0.3, -0.25) is 0 Å². The summed E-state index contributed by atoms with van der Waals surface area (Å²) < 4.78 is 16.3. The number of piperidine rings is 1. The molecule has 0 unspecified atom stereocenters. The van der Waals surface area contributed by atoms with E-state index in [1.165, 1.54) is 19.3 Å². The third-order valence-corrected chi connectivity index (χ3v) is 5.37. The van der Waals surface area contributed by atoms with Gasteiger partial charge in [0.05, 0.1) is 32.8 Å². The second kappa shape index (κ2) is 8.51. The van der Waals surface area contributed by atoms with Crippen LogP contribution in [-0.2, 0) is 6.54 Å². The van der Waals surface area contributed by atoms with Gasteiger partial charge in [-0.1, -0.05) is 6.42 Å². The minimum atomic E-state index is 0.652. The Morgan fingerprint density at radius 3 is 2.36 bits per heavy atom. The summed E-state index contributed by atoms with van der Waals surface area (Å²) in [6.45, 7) is 2.98. The standard InChI is InChI=1S/C18H25N3O3S/c1-22-14-10-16(24-3)15(23-2)9-13(14)17-11-19-18(25-17)12-20-21-7-5-4-6-8-21/h9-11,20H,4-8,12H2,1-3H3. The highest BCUT2D eigenvalue weighted by molar-refractivity contribution is 7.15. The molecule has 1 aliphatic rings. The lowest BCUT2D eigenvalue weighted by Crippen LogP contribution is -2.41. The summed E-state index contributed by atoms with van der Waals surface area (Å²) in [6, 6.07) is 3.78. The molecule has 1 aromatic carbocycles. The first kappa shape index (κ1) is 18.0. The van der Waals surface area contributed by atoms with Crippen LogP contribution in [0.1, 0.15) is 24.3 Å². The highest BCUT2D eigenvalue weighted by Crippen LogP contribution is 2.41. The van der Waals surface area contributed by atoms with Crippen molar-refractivity contribution in [1.29, 1.82) is 0 Å². The molecular weight excluding hydrogens is 338 g/mol. The van der Waals surface area contributed by atoms with Crippen molar-refractivity contribution in [3.8, 4) is 27.7 Å². The van der Waals surface area contributed by atoms with Gasteiger partial charge < -0.3 is 14.2 Å². The van der Waals surface area contributed by atoms with E-state index in [9.17, 15) is 0 Å². The zero-order valence-corrected chi connectivity index (χ0v) is 15.8. The van der Waals surface area contributed by atoms with Crippen molar-refractivity contribution in [2.24, 2.45) is 0 Å². The second-order valence-corrected chi connectivity index (χ2v) is 7.02. The van der Waals surface area contributed by atoms with E-state index in [2.05, 4.69) is 15.4 Å². The van der Waals surface area contributed by atoms with Crippen molar-refractivity contribution in [2.45, 2.75) is 25.8 Å². The smallest absolute Gasteiger partial charge is 0.164 e. The first-order valence-electron chi connectivity index (χ1n) is 8.48. The molecule has 2 aromatic rings. The van der Waals surface area contributed by atoms with Crippen LogP contribution in [0.5, 0.6) is 17.2 Å². The maximum atomic E-state index is 5.53. The van der Waals surface area contributed by atoms with Gasteiger partial charge in [0, 0.05) is 30.9 Å². The van der Waals surface area contributed by atoms with E-state index in [0.29, 0.717) is 11.5 Å². The summed E-state index contributed by atoms with van der Waals surface area (Å²) in [5, 5.41) is 3.35. The highest BCUT2D eigenvalue weighted by atomic mass is 32.1. The highest BCUT2D eigenvalue weighted by Gasteiger charge is 2.16. The summed E-state index contributed by atoms with van der Waals surface area (Å²) >= 11 is 1.66. The summed E-state index contributed by atoms with van der Waals surface area (Å²) in [5.74, 6) is 2.08. The minimum Gasteiger partial charge on any atom is -0.496 e. The van der Waals surface area contributed by atoms with Gasteiger partial charge in [-0.2, -0.15) is 0 Å². The van der Waals surface area contributed by atoms with Gasteiger partial charge in [0.25, 0.3) is 0 Å². The Morgan fingerprint density at radius 1 is 1.00 bits per heavy atom. The van der Waals surface area contributed by atoms with Crippen LogP contribution in [-0.4, -0.2) is 44.4 Å². The van der Waals surface area contributed by atoms with Crippen LogP contribution in [0.25, 0.3) is 10.4 Å². The first-order valence-corrected chi connectivity index (χ1v) is 9.30. The maximum Gasteiger partial charge on any atom is 0.164 e. The number of ether oxygens (including phenoxy) is 3. The molecule has 1 aliphatic heterocycles. The largest absolute Gasteiger partial charge is 0.496 e. The molecule has 6 nitrogen and oxygen atoms in total. The lowest BCUT2D eigenvalue weighted by Gasteiger charge is -2.26. The molecule has 25 heavy (non-hydrogen) atoms. The molecule has 2 heterocycles. The van der Waals surface area contributed by atoms with Crippen molar-refractivity contribution in [2.75, 3.05) is 34.4 Å². The third-order valence-electron chi connectivity index (χ3n) is 4.33. The zero-order valence-electron chi connectivity index (χ0n) is 15.0. The number of nitrogens with zero attached hydrogens (tertiary/aromatic N) is 2. The molecule has 3 rings (SSSR count). The molecule has 7 heteroatoms. The van der Waals surface area contributed by atoms with E-state index in [-0.39, 0.29) is 0 Å². The summed E-state index contributed by atoms with van der Waals surface area (Å²) in [4.78, 5) is 5.60. The van der Waals surface area contributed by atoms with Crippen LogP contribution >= 0.6 is 11.3 Å². The Labute approximate surface area is 152 Å². The van der Waals surface area contributed by atoms with Crippen LogP contribution < -0.4 is 19.6 Å². The number of nitrogens with one attached hydrogen (secondary N) is 1. The molecule has 0 atom stereocenters. The molecule has 1 fully saturated rings. The Balaban J connectivity index is 1.76. The van der Waals surface area contributed by atoms with Crippen LogP contribution in [0, 0.1) is 0 Å². The molecular formula is C18H25N3O3S. The molecule has 1 saturated heterocycles. The average Bonchev–Trinajstić information content (AvgIpc) is 3.14. The molecule has 0 aliphatic carbocycles. The molecule has 0 saturated carbocycles. The van der Waals surface area contributed by atoms with Gasteiger partial charge in [-0.05, 0) is 18.9 Å². The first-order chi connectivity index (χ1) is 12.2. The number of rotatable bonds is 7. The monoisotopic (exact) mass is 363 g/mol. The third kappa shape index (κ3) is 4.23. The minimum absolute atomic E-state index is 0.652. The SMILES string of the molecule is COc1cc(OC)c(-c2cnc(CNN3CCCCC3)s2)cc1OC. The van der Waals surface area contributed by atoms with E-state index in [4.69, 9.17) is 14.2 Å². The van der Waals surface area contributed by atoms with Gasteiger partial charge in [0.15, 0.2) is 11.5 Å². The van der Waals surface area contributed by atoms with E-state index in [1.54, 1.807) is 32.7 Å². The van der Waals surface area contributed by atoms with Crippen molar-refractivity contribution >= 4 is 11.3 Å². The second-order valence-electron chi connectivity index (χ2n) is 5.91. The molecule has 1 aromatic heterocycles. The van der Waals surface area contributed by atoms with Crippen molar-refractivity contribution in [1.82, 2.24) is 15.4 Å². The van der Waals surface area contributed by atoms with E-state index < -0.39 is 0 Å². The predicted octanol–water partition coefficient (Wildman–Crippen LogP) is 3.33. The number of hydrogen-bond donors (Lipinski definition) is 1. The number of hydrazine groups is 1. The van der Waals surface area contributed by atoms with Crippen LogP contribution in [0.3, 0.4) is 0 Å². The summed E-state index contributed by atoms with van der Waals surface area (Å²) in [7, 11) is 4.91. The molecule has 136 valence electrons. The van der Waals surface area contributed by atoms with Crippen LogP contribution in [0.15, 0.2) is 18.3 Å². The van der Waals surface area contributed by atoms with E-state index in [0.717, 1.165) is 40.8 Å². The van der Waals surface area contributed by atoms with Gasteiger partial charge in [0.2, 0.25) is 0 Å². The molecule has 0 amide bonds. The predicted molar refractivity (Wildman–Crippen MR) is 99.5 cm³/mol. The van der Waals surface area contributed by atoms with Crippen molar-refractivity contribution in [3.63, 3.8) is 0 Å². The summed E-state index contributed by atoms with van der Waals surface area (Å²) in [6.07, 6.45) is 5.75. The fraction of sp³-hybridized carbons (Fsp3) is 0.500. The maximum absolute atomic E-state index is 5.53. The topological polar surface area (TPSA) is 55.9 Å². The van der Waals surface area contributed by atoms with Gasteiger partial charge in [-0.15, -0.1) is 11.3 Å². The molecule has 0 radical (unpaired) electrons. The number of benzene rings is 1. The number of hydrogen-bond acceptors (Lipinski definition) is 7. The Kier molecular flexibility index (Phi) is 6.12. The van der Waals surface area contributed by atoms with Crippen molar-refractivity contribution in [3.05, 3.63) is 23.3 Å². The number of aromatic nitrogens is 1. The average molecular weight is 363 g/mol. The quantitative estimate of drug-likeness (QED) is 0.814. The number of thiazole rings is 1. The van der Waals surface area contributed by atoms with Gasteiger partial charge in [0.1, 0.15) is 10.8 Å². The number of methoxy groups -OCH3 is 3. The Bertz CT molecular complexity index is 699. The lowest BCUT2D eigenvalue weighted by molar-refractivity contribution is 0.151. The Morgan fingerprint density at radius 2 is 1.68 bits per heavy atom.